The van der Waals surface area contributed by atoms with Gasteiger partial charge >= 0.3 is 6.09 Å². The van der Waals surface area contributed by atoms with Crippen LogP contribution in [-0.4, -0.2) is 36.0 Å². The molecule has 0 bridgehead atoms. The van der Waals surface area contributed by atoms with E-state index in [0.29, 0.717) is 6.54 Å². The molecule has 0 radical (unpaired) electrons. The summed E-state index contributed by atoms with van der Waals surface area (Å²) in [4.78, 5) is 11.7. The van der Waals surface area contributed by atoms with Crippen LogP contribution in [0.5, 0.6) is 0 Å². The number of aliphatic hydroxyl groups is 1. The molecule has 0 heterocycles. The van der Waals surface area contributed by atoms with Gasteiger partial charge in [-0.15, -0.1) is 0 Å². The van der Waals surface area contributed by atoms with Gasteiger partial charge in [0.2, 0.25) is 0 Å². The normalized spacial score (nSPS) is 28.8. The van der Waals surface area contributed by atoms with E-state index in [4.69, 9.17) is 10.5 Å². The lowest BCUT2D eigenvalue weighted by molar-refractivity contribution is 0.0440. The van der Waals surface area contributed by atoms with Crippen LogP contribution in [0, 0.1) is 11.8 Å². The van der Waals surface area contributed by atoms with E-state index in [1.807, 2.05) is 20.8 Å². The molecule has 3 atom stereocenters. The quantitative estimate of drug-likeness (QED) is 0.711. The standard InChI is InChI=1S/C13H26N2O3/c1-13(2,3)18-12(17)15-11-6-9(8-16)4-5-10(11)7-14/h9-11,16H,4-8,14H2,1-3H3,(H,15,17)/t9-,10-,11-/m1/s1. The van der Waals surface area contributed by atoms with Crippen LogP contribution in [0.4, 0.5) is 4.79 Å². The Hall–Kier alpha value is -0.810. The maximum Gasteiger partial charge on any atom is 0.407 e. The maximum atomic E-state index is 11.7. The number of aliphatic hydroxyl groups excluding tert-OH is 1. The van der Waals surface area contributed by atoms with E-state index in [2.05, 4.69) is 5.32 Å². The zero-order valence-corrected chi connectivity index (χ0v) is 11.6. The molecule has 1 fully saturated rings. The van der Waals surface area contributed by atoms with Gasteiger partial charge in [0, 0.05) is 12.6 Å². The fraction of sp³-hybridized carbons (Fsp3) is 0.923. The van der Waals surface area contributed by atoms with E-state index in [1.54, 1.807) is 0 Å². The first kappa shape index (κ1) is 15.2. The molecule has 0 aliphatic heterocycles. The lowest BCUT2D eigenvalue weighted by Gasteiger charge is -2.35. The van der Waals surface area contributed by atoms with Crippen molar-refractivity contribution < 1.29 is 14.6 Å². The predicted octanol–water partition coefficient (Wildman–Crippen LogP) is 1.25. The first-order chi connectivity index (χ1) is 8.35. The highest BCUT2D eigenvalue weighted by Crippen LogP contribution is 2.28. The average Bonchev–Trinajstić information content (AvgIpc) is 2.26. The van der Waals surface area contributed by atoms with Gasteiger partial charge < -0.3 is 20.9 Å². The highest BCUT2D eigenvalue weighted by Gasteiger charge is 2.31. The van der Waals surface area contributed by atoms with E-state index in [1.165, 1.54) is 0 Å². The molecule has 0 spiro atoms. The summed E-state index contributed by atoms with van der Waals surface area (Å²) in [5.74, 6) is 0.535. The minimum atomic E-state index is -0.493. The molecule has 0 aromatic heterocycles. The third-order valence-electron chi connectivity index (χ3n) is 3.37. The number of rotatable bonds is 3. The number of nitrogens with one attached hydrogen (secondary N) is 1. The van der Waals surface area contributed by atoms with E-state index >= 15 is 0 Å². The Morgan fingerprint density at radius 1 is 1.44 bits per heavy atom. The van der Waals surface area contributed by atoms with Crippen LogP contribution in [0.2, 0.25) is 0 Å². The van der Waals surface area contributed by atoms with Crippen LogP contribution in [0.1, 0.15) is 40.0 Å². The SMILES string of the molecule is CC(C)(C)OC(=O)N[C@@H]1C[C@H](CO)CC[C@@H]1CN. The molecule has 0 saturated heterocycles. The van der Waals surface area contributed by atoms with Gasteiger partial charge in [0.15, 0.2) is 0 Å². The number of carbonyl (C=O) groups excluding carboxylic acids is 1. The van der Waals surface area contributed by atoms with Crippen molar-refractivity contribution in [3.8, 4) is 0 Å². The second kappa shape index (κ2) is 6.38. The molecule has 18 heavy (non-hydrogen) atoms. The van der Waals surface area contributed by atoms with Crippen LogP contribution in [-0.2, 0) is 4.74 Å². The van der Waals surface area contributed by atoms with Crippen LogP contribution in [0.15, 0.2) is 0 Å². The molecule has 4 N–H and O–H groups in total. The summed E-state index contributed by atoms with van der Waals surface area (Å²) in [5, 5.41) is 12.1. The van der Waals surface area contributed by atoms with Crippen molar-refractivity contribution in [3.63, 3.8) is 0 Å². The molecule has 1 aliphatic carbocycles. The largest absolute Gasteiger partial charge is 0.444 e. The van der Waals surface area contributed by atoms with Crippen molar-refractivity contribution in [2.75, 3.05) is 13.2 Å². The Morgan fingerprint density at radius 3 is 2.61 bits per heavy atom. The molecule has 1 rings (SSSR count). The monoisotopic (exact) mass is 258 g/mol. The molecule has 0 aromatic rings. The van der Waals surface area contributed by atoms with Crippen molar-refractivity contribution in [2.24, 2.45) is 17.6 Å². The fourth-order valence-electron chi connectivity index (χ4n) is 2.40. The molecule has 0 unspecified atom stereocenters. The van der Waals surface area contributed by atoms with E-state index in [9.17, 15) is 9.90 Å². The highest BCUT2D eigenvalue weighted by molar-refractivity contribution is 5.68. The Bertz CT molecular complexity index is 276. The summed E-state index contributed by atoms with van der Waals surface area (Å²) in [5.41, 5.74) is 5.24. The molecule has 1 amide bonds. The molecule has 5 heteroatoms. The van der Waals surface area contributed by atoms with E-state index in [-0.39, 0.29) is 24.5 Å². The number of alkyl carbamates (subject to hydrolysis) is 1. The van der Waals surface area contributed by atoms with E-state index in [0.717, 1.165) is 19.3 Å². The fourth-order valence-corrected chi connectivity index (χ4v) is 2.40. The van der Waals surface area contributed by atoms with Gasteiger partial charge in [-0.1, -0.05) is 0 Å². The van der Waals surface area contributed by atoms with Gasteiger partial charge in [-0.25, -0.2) is 4.79 Å². The summed E-state index contributed by atoms with van der Waals surface area (Å²) < 4.78 is 5.25. The van der Waals surface area contributed by atoms with Gasteiger partial charge in [-0.05, 0) is 58.4 Å². The van der Waals surface area contributed by atoms with Crippen molar-refractivity contribution in [1.29, 1.82) is 0 Å². The smallest absolute Gasteiger partial charge is 0.407 e. The van der Waals surface area contributed by atoms with Crippen molar-refractivity contribution in [3.05, 3.63) is 0 Å². The van der Waals surface area contributed by atoms with Crippen molar-refractivity contribution in [1.82, 2.24) is 5.32 Å². The molecule has 1 saturated carbocycles. The van der Waals surface area contributed by atoms with Crippen molar-refractivity contribution >= 4 is 6.09 Å². The number of nitrogens with two attached hydrogens (primary N) is 1. The highest BCUT2D eigenvalue weighted by atomic mass is 16.6. The summed E-state index contributed by atoms with van der Waals surface area (Å²) in [7, 11) is 0. The minimum Gasteiger partial charge on any atom is -0.444 e. The minimum absolute atomic E-state index is 0.00995. The number of hydrogen-bond acceptors (Lipinski definition) is 4. The van der Waals surface area contributed by atoms with E-state index < -0.39 is 11.7 Å². The van der Waals surface area contributed by atoms with Gasteiger partial charge in [0.1, 0.15) is 5.60 Å². The lowest BCUT2D eigenvalue weighted by atomic mass is 9.78. The molecule has 0 aromatic carbocycles. The molecule has 106 valence electrons. The number of amides is 1. The summed E-state index contributed by atoms with van der Waals surface area (Å²) >= 11 is 0. The Balaban J connectivity index is 2.53. The summed E-state index contributed by atoms with van der Waals surface area (Å²) in [6.45, 7) is 6.24. The topological polar surface area (TPSA) is 84.6 Å². The Kier molecular flexibility index (Phi) is 5.41. The molecule has 1 aliphatic rings. The number of hydrogen-bond donors (Lipinski definition) is 3. The summed E-state index contributed by atoms with van der Waals surface area (Å²) in [6.07, 6.45) is 2.30. The van der Waals surface area contributed by atoms with Crippen molar-refractivity contribution in [2.45, 2.75) is 51.7 Å². The Labute approximate surface area is 109 Å². The predicted molar refractivity (Wildman–Crippen MR) is 70.1 cm³/mol. The van der Waals surface area contributed by atoms with Gasteiger partial charge in [-0.3, -0.25) is 0 Å². The van der Waals surface area contributed by atoms with Crippen LogP contribution < -0.4 is 11.1 Å². The first-order valence-electron chi connectivity index (χ1n) is 6.66. The van der Waals surface area contributed by atoms with Gasteiger partial charge in [-0.2, -0.15) is 0 Å². The third-order valence-corrected chi connectivity index (χ3v) is 3.37. The molecular formula is C13H26N2O3. The van der Waals surface area contributed by atoms with Crippen LogP contribution in [0.25, 0.3) is 0 Å². The lowest BCUT2D eigenvalue weighted by Crippen LogP contribution is -2.48. The number of carbonyl (C=O) groups is 1. The van der Waals surface area contributed by atoms with Gasteiger partial charge in [0.25, 0.3) is 0 Å². The Morgan fingerprint density at radius 2 is 2.11 bits per heavy atom. The van der Waals surface area contributed by atoms with Gasteiger partial charge in [0.05, 0.1) is 0 Å². The average molecular weight is 258 g/mol. The maximum absolute atomic E-state index is 11.7. The van der Waals surface area contributed by atoms with Crippen LogP contribution >= 0.6 is 0 Å². The van der Waals surface area contributed by atoms with Crippen LogP contribution in [0.3, 0.4) is 0 Å². The third kappa shape index (κ3) is 4.82. The second-order valence-corrected chi connectivity index (χ2v) is 6.11. The molecule has 5 nitrogen and oxygen atoms in total. The molecular weight excluding hydrogens is 232 g/mol. The first-order valence-corrected chi connectivity index (χ1v) is 6.66. The second-order valence-electron chi connectivity index (χ2n) is 6.11. The zero-order valence-electron chi connectivity index (χ0n) is 11.6. The summed E-state index contributed by atoms with van der Waals surface area (Å²) in [6, 6.07) is 0.00995. The number of ether oxygens (including phenoxy) is 1. The zero-order chi connectivity index (χ0) is 13.8.